The maximum absolute atomic E-state index is 13.0. The van der Waals surface area contributed by atoms with E-state index in [1.165, 1.54) is 0 Å². The Hall–Kier alpha value is -3.48. The fourth-order valence-electron chi connectivity index (χ4n) is 3.88. The first-order valence-corrected chi connectivity index (χ1v) is 9.03. The van der Waals surface area contributed by atoms with Gasteiger partial charge in [-0.05, 0) is 60.8 Å². The zero-order valence-electron chi connectivity index (χ0n) is 15.3. The summed E-state index contributed by atoms with van der Waals surface area (Å²) in [5.41, 5.74) is 6.30. The summed E-state index contributed by atoms with van der Waals surface area (Å²) in [6.45, 7) is 2.04. The van der Waals surface area contributed by atoms with Crippen molar-refractivity contribution >= 4 is 29.4 Å². The molecule has 0 fully saturated rings. The molecule has 4 rings (SSSR count). The first-order valence-electron chi connectivity index (χ1n) is 9.03. The molecule has 1 atom stereocenters. The third-order valence-corrected chi connectivity index (χ3v) is 5.20. The molecule has 1 aromatic carbocycles. The molecule has 7 heteroatoms. The van der Waals surface area contributed by atoms with E-state index in [9.17, 15) is 14.7 Å². The number of hydrogen-bond acceptors (Lipinski definition) is 6. The largest absolute Gasteiger partial charge is 0.478 e. The minimum absolute atomic E-state index is 0.251. The first kappa shape index (κ1) is 17.9. The Morgan fingerprint density at radius 2 is 2.18 bits per heavy atom. The minimum atomic E-state index is -1.05. The van der Waals surface area contributed by atoms with Crippen LogP contribution in [0.1, 0.15) is 34.8 Å². The van der Waals surface area contributed by atoms with Crippen molar-refractivity contribution in [3.63, 3.8) is 0 Å². The first-order chi connectivity index (χ1) is 13.5. The highest BCUT2D eigenvalue weighted by atomic mass is 16.5. The second kappa shape index (κ2) is 6.92. The Bertz CT molecular complexity index is 1020. The number of rotatable bonds is 4. The third kappa shape index (κ3) is 2.85. The van der Waals surface area contributed by atoms with Gasteiger partial charge in [0.2, 0.25) is 0 Å². The van der Waals surface area contributed by atoms with Crippen LogP contribution in [-0.4, -0.2) is 35.6 Å². The predicted octanol–water partition coefficient (Wildman–Crippen LogP) is 2.71. The summed E-state index contributed by atoms with van der Waals surface area (Å²) in [5, 5.41) is 17.4. The number of benzene rings is 1. The summed E-state index contributed by atoms with van der Waals surface area (Å²) in [5.74, 6) is -1.33. The van der Waals surface area contributed by atoms with Gasteiger partial charge < -0.3 is 9.84 Å². The molecule has 1 unspecified atom stereocenters. The van der Waals surface area contributed by atoms with Gasteiger partial charge in [0.25, 0.3) is 0 Å². The van der Waals surface area contributed by atoms with Gasteiger partial charge in [0.1, 0.15) is 5.41 Å². The summed E-state index contributed by atoms with van der Waals surface area (Å²) in [4.78, 5) is 24.3. The SMILES string of the molecule is CCOC(=O)C1(C2=NNN=CC=C2)C=CC2=C(Cc3ccc(C(=O)O)cc32)C1. The van der Waals surface area contributed by atoms with Crippen molar-refractivity contribution in [1.82, 2.24) is 5.53 Å². The number of carbonyl (C=O) groups is 2. The van der Waals surface area contributed by atoms with Crippen molar-refractivity contribution in [1.29, 1.82) is 0 Å². The number of allylic oxidation sites excluding steroid dienone is 5. The Morgan fingerprint density at radius 1 is 1.32 bits per heavy atom. The van der Waals surface area contributed by atoms with Crippen molar-refractivity contribution in [2.75, 3.05) is 6.61 Å². The second-order valence-corrected chi connectivity index (χ2v) is 6.81. The molecule has 2 aliphatic carbocycles. The molecule has 7 nitrogen and oxygen atoms in total. The van der Waals surface area contributed by atoms with Crippen molar-refractivity contribution in [3.05, 3.63) is 64.8 Å². The van der Waals surface area contributed by atoms with Gasteiger partial charge in [0, 0.05) is 6.21 Å². The average molecular weight is 377 g/mol. The molecule has 0 saturated carbocycles. The van der Waals surface area contributed by atoms with Crippen molar-refractivity contribution in [2.24, 2.45) is 15.6 Å². The molecule has 1 aromatic rings. The molecular weight excluding hydrogens is 358 g/mol. The number of carboxylic acid groups (broad SMARTS) is 1. The summed E-state index contributed by atoms with van der Waals surface area (Å²) in [6.07, 6.45) is 9.81. The summed E-state index contributed by atoms with van der Waals surface area (Å²) >= 11 is 0. The van der Waals surface area contributed by atoms with Gasteiger partial charge in [-0.15, -0.1) is 0 Å². The minimum Gasteiger partial charge on any atom is -0.478 e. The number of hydrazone groups is 2. The highest BCUT2D eigenvalue weighted by Crippen LogP contribution is 2.46. The molecule has 142 valence electrons. The molecule has 0 aromatic heterocycles. The zero-order valence-corrected chi connectivity index (χ0v) is 15.3. The maximum atomic E-state index is 13.0. The lowest BCUT2D eigenvalue weighted by atomic mass is 9.72. The molecular formula is C21H19N3O4. The standard InChI is InChI=1S/C21H19N3O4/c1-2-28-20(27)21(18-4-3-9-22-24-23-18)8-7-16-15(12-21)10-13-5-6-14(19(25)26)11-17(13)16/h3-9,11,24H,2,10,12H2,1H3,(H,25,26). The van der Waals surface area contributed by atoms with Gasteiger partial charge in [-0.2, -0.15) is 15.7 Å². The highest BCUT2D eigenvalue weighted by Gasteiger charge is 2.46. The molecule has 28 heavy (non-hydrogen) atoms. The monoisotopic (exact) mass is 377 g/mol. The summed E-state index contributed by atoms with van der Waals surface area (Å²) < 4.78 is 5.38. The van der Waals surface area contributed by atoms with Gasteiger partial charge in [0.15, 0.2) is 0 Å². The van der Waals surface area contributed by atoms with Crippen LogP contribution in [0.15, 0.2) is 58.3 Å². The number of nitrogens with zero attached hydrogens (tertiary/aromatic N) is 2. The van der Waals surface area contributed by atoms with Gasteiger partial charge >= 0.3 is 11.9 Å². The van der Waals surface area contributed by atoms with Crippen molar-refractivity contribution in [3.8, 4) is 0 Å². The number of hydrogen-bond donors (Lipinski definition) is 2. The van der Waals surface area contributed by atoms with E-state index in [1.54, 1.807) is 37.4 Å². The maximum Gasteiger partial charge on any atom is 0.335 e. The summed E-state index contributed by atoms with van der Waals surface area (Å²) in [7, 11) is 0. The lowest BCUT2D eigenvalue weighted by Gasteiger charge is -2.31. The van der Waals surface area contributed by atoms with Crippen LogP contribution in [0, 0.1) is 5.41 Å². The van der Waals surface area contributed by atoms with E-state index in [-0.39, 0.29) is 18.1 Å². The highest BCUT2D eigenvalue weighted by molar-refractivity contribution is 6.16. The van der Waals surface area contributed by atoms with E-state index in [2.05, 4.69) is 15.7 Å². The van der Waals surface area contributed by atoms with Crippen LogP contribution >= 0.6 is 0 Å². The van der Waals surface area contributed by atoms with Crippen LogP contribution in [0.25, 0.3) is 5.57 Å². The van der Waals surface area contributed by atoms with Crippen LogP contribution in [0.4, 0.5) is 0 Å². The molecule has 0 radical (unpaired) electrons. The Morgan fingerprint density at radius 3 is 2.96 bits per heavy atom. The lowest BCUT2D eigenvalue weighted by Crippen LogP contribution is -2.40. The molecule has 0 bridgehead atoms. The van der Waals surface area contributed by atoms with Crippen LogP contribution in [0.3, 0.4) is 0 Å². The van der Waals surface area contributed by atoms with E-state index in [4.69, 9.17) is 4.74 Å². The van der Waals surface area contributed by atoms with Gasteiger partial charge in [-0.1, -0.05) is 23.8 Å². The van der Waals surface area contributed by atoms with E-state index in [0.29, 0.717) is 18.6 Å². The number of aromatic carboxylic acids is 1. The molecule has 1 aliphatic heterocycles. The lowest BCUT2D eigenvalue weighted by molar-refractivity contribution is -0.148. The normalized spacial score (nSPS) is 22.1. The van der Waals surface area contributed by atoms with Gasteiger partial charge in [-0.3, -0.25) is 4.79 Å². The number of carbonyl (C=O) groups excluding carboxylic acids is 1. The van der Waals surface area contributed by atoms with Crippen molar-refractivity contribution in [2.45, 2.75) is 19.8 Å². The van der Waals surface area contributed by atoms with Gasteiger partial charge in [0.05, 0.1) is 17.9 Å². The Kier molecular flexibility index (Phi) is 4.43. The molecule has 0 amide bonds. The smallest absolute Gasteiger partial charge is 0.335 e. The second-order valence-electron chi connectivity index (χ2n) is 6.81. The van der Waals surface area contributed by atoms with Gasteiger partial charge in [-0.25, -0.2) is 4.79 Å². The number of fused-ring (bicyclic) bond motifs is 2. The summed E-state index contributed by atoms with van der Waals surface area (Å²) in [6, 6.07) is 5.15. The molecule has 3 aliphatic rings. The van der Waals surface area contributed by atoms with Crippen LogP contribution in [-0.2, 0) is 16.0 Å². The molecule has 2 N–H and O–H groups in total. The van der Waals surface area contributed by atoms with E-state index in [1.807, 2.05) is 18.2 Å². The average Bonchev–Trinajstić information content (AvgIpc) is 2.85. The van der Waals surface area contributed by atoms with Crippen LogP contribution in [0.2, 0.25) is 0 Å². The Labute approximate surface area is 161 Å². The predicted molar refractivity (Wildman–Crippen MR) is 105 cm³/mol. The van der Waals surface area contributed by atoms with Crippen molar-refractivity contribution < 1.29 is 19.4 Å². The fraction of sp³-hybridized carbons (Fsp3) is 0.238. The number of ether oxygens (including phenoxy) is 1. The van der Waals surface area contributed by atoms with Crippen LogP contribution < -0.4 is 5.53 Å². The fourth-order valence-corrected chi connectivity index (χ4v) is 3.88. The van der Waals surface area contributed by atoms with Crippen LogP contribution in [0.5, 0.6) is 0 Å². The molecule has 0 saturated heterocycles. The molecule has 0 spiro atoms. The number of esters is 1. The van der Waals surface area contributed by atoms with E-state index < -0.39 is 11.4 Å². The zero-order chi connectivity index (χ0) is 19.7. The Balaban J connectivity index is 1.75. The number of carboxylic acids is 1. The topological polar surface area (TPSA) is 100 Å². The van der Waals surface area contributed by atoms with E-state index in [0.717, 1.165) is 22.3 Å². The quantitative estimate of drug-likeness (QED) is 0.786. The third-order valence-electron chi connectivity index (χ3n) is 5.20. The molecule has 1 heterocycles. The number of nitrogens with one attached hydrogen (secondary N) is 1. The van der Waals surface area contributed by atoms with E-state index >= 15 is 0 Å².